The van der Waals surface area contributed by atoms with Gasteiger partial charge in [0.05, 0.1) is 26.7 Å². The van der Waals surface area contributed by atoms with Crippen molar-refractivity contribution in [3.8, 4) is 0 Å². The lowest BCUT2D eigenvalue weighted by Gasteiger charge is -2.37. The molecule has 2 rings (SSSR count). The Morgan fingerprint density at radius 3 is 2.56 bits per heavy atom. The Balaban J connectivity index is 0.00000128. The molecule has 16 heavy (non-hydrogen) atoms. The average molecular weight is 332 g/mol. The second-order valence-electron chi connectivity index (χ2n) is 4.92. The molecule has 1 aromatic rings. The number of likely N-dealkylation sites (N-methyl/N-ethyl adjacent to an activating group) is 1. The number of piperidine rings is 1. The molecule has 0 aromatic carbocycles. The monoisotopic (exact) mass is 332 g/mol. The van der Waals surface area contributed by atoms with Crippen molar-refractivity contribution in [3.63, 3.8) is 0 Å². The molecule has 0 saturated carbocycles. The highest BCUT2D eigenvalue weighted by Gasteiger charge is 2.24. The van der Waals surface area contributed by atoms with Crippen molar-refractivity contribution in [2.45, 2.75) is 25.7 Å². The van der Waals surface area contributed by atoms with Gasteiger partial charge in [0.1, 0.15) is 0 Å². The lowest BCUT2D eigenvalue weighted by atomic mass is 10.1. The molecule has 1 aliphatic heterocycles. The van der Waals surface area contributed by atoms with E-state index in [1.54, 1.807) is 0 Å². The van der Waals surface area contributed by atoms with E-state index in [1.807, 2.05) is 12.3 Å². The maximum Gasteiger partial charge on any atom is 0.0840 e. The molecule has 3 heteroatoms. The molecule has 0 bridgehead atoms. The zero-order valence-electron chi connectivity index (χ0n) is 10.0. The second-order valence-corrected chi connectivity index (χ2v) is 4.92. The Bertz CT molecular complexity index is 294. The summed E-state index contributed by atoms with van der Waals surface area (Å²) in [5, 5.41) is 0. The molecule has 1 saturated heterocycles. The van der Waals surface area contributed by atoms with E-state index >= 15 is 0 Å². The van der Waals surface area contributed by atoms with E-state index in [-0.39, 0.29) is 24.0 Å². The van der Waals surface area contributed by atoms with Crippen LogP contribution >= 0.6 is 0 Å². The Labute approximate surface area is 116 Å². The largest absolute Gasteiger partial charge is 1.00 e. The fraction of sp³-hybridized carbons (Fsp3) is 0.615. The lowest BCUT2D eigenvalue weighted by Crippen LogP contribution is -3.00. The van der Waals surface area contributed by atoms with Crippen LogP contribution in [0.3, 0.4) is 0 Å². The molecule has 90 valence electrons. The topological polar surface area (TPSA) is 12.9 Å². The van der Waals surface area contributed by atoms with E-state index in [0.717, 1.165) is 6.42 Å². The van der Waals surface area contributed by atoms with Crippen LogP contribution in [0.15, 0.2) is 24.4 Å². The minimum absolute atomic E-state index is 0. The smallest absolute Gasteiger partial charge is 0.0840 e. The first-order chi connectivity index (χ1) is 7.29. The summed E-state index contributed by atoms with van der Waals surface area (Å²) in [5.74, 6) is 0. The normalized spacial score (nSPS) is 18.8. The van der Waals surface area contributed by atoms with Gasteiger partial charge in [0.25, 0.3) is 0 Å². The van der Waals surface area contributed by atoms with Crippen LogP contribution < -0.4 is 24.0 Å². The van der Waals surface area contributed by atoms with Crippen molar-refractivity contribution in [3.05, 3.63) is 30.1 Å². The maximum atomic E-state index is 4.38. The zero-order valence-corrected chi connectivity index (χ0v) is 12.2. The number of pyridine rings is 1. The maximum absolute atomic E-state index is 4.38. The molecule has 2 nitrogen and oxygen atoms in total. The van der Waals surface area contributed by atoms with E-state index in [4.69, 9.17) is 0 Å². The molecule has 1 aromatic heterocycles. The van der Waals surface area contributed by atoms with Gasteiger partial charge in [-0.1, -0.05) is 6.07 Å². The molecule has 0 N–H and O–H groups in total. The molecule has 2 heterocycles. The van der Waals surface area contributed by atoms with Crippen LogP contribution in [0.2, 0.25) is 0 Å². The summed E-state index contributed by atoms with van der Waals surface area (Å²) < 4.78 is 1.25. The van der Waals surface area contributed by atoms with Gasteiger partial charge in [-0.25, -0.2) is 0 Å². The van der Waals surface area contributed by atoms with Crippen LogP contribution in [0, 0.1) is 0 Å². The molecule has 0 spiro atoms. The molecular weight excluding hydrogens is 311 g/mol. The number of nitrogens with zero attached hydrogens (tertiary/aromatic N) is 2. The highest BCUT2D eigenvalue weighted by atomic mass is 127. The van der Waals surface area contributed by atoms with Gasteiger partial charge in [0.15, 0.2) is 0 Å². The van der Waals surface area contributed by atoms with Crippen LogP contribution in [0.1, 0.15) is 25.0 Å². The number of halogens is 1. The van der Waals surface area contributed by atoms with Crippen LogP contribution in [-0.4, -0.2) is 36.1 Å². The number of aromatic nitrogens is 1. The zero-order chi connectivity index (χ0) is 10.6. The predicted molar refractivity (Wildman–Crippen MR) is 62.6 cm³/mol. The minimum atomic E-state index is 0. The summed E-state index contributed by atoms with van der Waals surface area (Å²) in [6.07, 6.45) is 7.25. The van der Waals surface area contributed by atoms with Gasteiger partial charge >= 0.3 is 0 Å². The quantitative estimate of drug-likeness (QED) is 0.525. The van der Waals surface area contributed by atoms with Gasteiger partial charge in [-0.3, -0.25) is 4.98 Å². The summed E-state index contributed by atoms with van der Waals surface area (Å²) >= 11 is 0. The summed E-state index contributed by atoms with van der Waals surface area (Å²) in [6, 6.07) is 6.20. The Kier molecular flexibility index (Phi) is 5.69. The van der Waals surface area contributed by atoms with Crippen molar-refractivity contribution in [1.29, 1.82) is 0 Å². The van der Waals surface area contributed by atoms with Crippen LogP contribution in [0.25, 0.3) is 0 Å². The predicted octanol–water partition coefficient (Wildman–Crippen LogP) is -0.741. The van der Waals surface area contributed by atoms with Crippen molar-refractivity contribution < 1.29 is 28.5 Å². The molecule has 0 atom stereocenters. The fourth-order valence-corrected chi connectivity index (χ4v) is 2.43. The van der Waals surface area contributed by atoms with E-state index in [9.17, 15) is 0 Å². The van der Waals surface area contributed by atoms with Gasteiger partial charge in [-0.05, 0) is 31.4 Å². The van der Waals surface area contributed by atoms with Crippen molar-refractivity contribution in [1.82, 2.24) is 4.98 Å². The molecule has 1 aliphatic rings. The summed E-state index contributed by atoms with van der Waals surface area (Å²) in [6.45, 7) is 3.96. The summed E-state index contributed by atoms with van der Waals surface area (Å²) in [5.41, 5.74) is 1.24. The third kappa shape index (κ3) is 4.01. The summed E-state index contributed by atoms with van der Waals surface area (Å²) in [4.78, 5) is 4.38. The minimum Gasteiger partial charge on any atom is -1.00 e. The van der Waals surface area contributed by atoms with Gasteiger partial charge < -0.3 is 28.5 Å². The van der Waals surface area contributed by atoms with Crippen molar-refractivity contribution in [2.75, 3.05) is 26.7 Å². The number of quaternary nitrogens is 1. The third-order valence-corrected chi connectivity index (χ3v) is 3.53. The third-order valence-electron chi connectivity index (χ3n) is 3.53. The van der Waals surface area contributed by atoms with Crippen LogP contribution in [-0.2, 0) is 6.42 Å². The first-order valence-electron chi connectivity index (χ1n) is 6.02. The molecule has 1 fully saturated rings. The van der Waals surface area contributed by atoms with Crippen LogP contribution in [0.4, 0.5) is 0 Å². The Morgan fingerprint density at radius 2 is 1.94 bits per heavy atom. The van der Waals surface area contributed by atoms with E-state index in [1.165, 1.54) is 49.1 Å². The number of likely N-dealkylation sites (tertiary alicyclic amines) is 1. The average Bonchev–Trinajstić information content (AvgIpc) is 2.29. The molecule has 0 aliphatic carbocycles. The van der Waals surface area contributed by atoms with E-state index < -0.39 is 0 Å². The standard InChI is InChI=1S/C13H21N2.HI/c1-15(10-5-2-6-11-15)12-8-13-7-3-4-9-14-13;/h3-4,7,9H,2,5-6,8,10-12H2,1H3;1H/q+1;/p-1. The number of hydrogen-bond acceptors (Lipinski definition) is 1. The van der Waals surface area contributed by atoms with Gasteiger partial charge in [0.2, 0.25) is 0 Å². The molecular formula is C13H21IN2. The Morgan fingerprint density at radius 1 is 1.19 bits per heavy atom. The fourth-order valence-electron chi connectivity index (χ4n) is 2.43. The van der Waals surface area contributed by atoms with Gasteiger partial charge in [-0.15, -0.1) is 0 Å². The molecule has 0 unspecified atom stereocenters. The Hall–Kier alpha value is -0.160. The van der Waals surface area contributed by atoms with Gasteiger partial charge in [0, 0.05) is 18.3 Å². The lowest BCUT2D eigenvalue weighted by molar-refractivity contribution is -0.913. The first kappa shape index (κ1) is 13.9. The molecule has 0 amide bonds. The van der Waals surface area contributed by atoms with Crippen LogP contribution in [0.5, 0.6) is 0 Å². The summed E-state index contributed by atoms with van der Waals surface area (Å²) in [7, 11) is 2.39. The molecule has 0 radical (unpaired) electrons. The highest BCUT2D eigenvalue weighted by Crippen LogP contribution is 2.16. The van der Waals surface area contributed by atoms with E-state index in [0.29, 0.717) is 0 Å². The van der Waals surface area contributed by atoms with E-state index in [2.05, 4.69) is 24.2 Å². The van der Waals surface area contributed by atoms with Crippen molar-refractivity contribution in [2.24, 2.45) is 0 Å². The number of hydrogen-bond donors (Lipinski definition) is 0. The van der Waals surface area contributed by atoms with Gasteiger partial charge in [-0.2, -0.15) is 0 Å². The van der Waals surface area contributed by atoms with Crippen molar-refractivity contribution >= 4 is 0 Å². The highest BCUT2D eigenvalue weighted by molar-refractivity contribution is 5.03. The first-order valence-corrected chi connectivity index (χ1v) is 6.02. The SMILES string of the molecule is C[N+]1(CCc2ccccn2)CCCCC1.[I-]. The second kappa shape index (κ2) is 6.55. The number of rotatable bonds is 3.